The van der Waals surface area contributed by atoms with Gasteiger partial charge in [0.25, 0.3) is 0 Å². The SMILES string of the molecule is COCCCCNS(=O)(=O)c1ccccc1N. The molecule has 0 unspecified atom stereocenters. The summed E-state index contributed by atoms with van der Waals surface area (Å²) in [4.78, 5) is 0.131. The van der Waals surface area contributed by atoms with Crippen molar-refractivity contribution in [3.8, 4) is 0 Å². The lowest BCUT2D eigenvalue weighted by Crippen LogP contribution is -2.25. The van der Waals surface area contributed by atoms with E-state index < -0.39 is 10.0 Å². The number of unbranched alkanes of at least 4 members (excludes halogenated alkanes) is 1. The van der Waals surface area contributed by atoms with Crippen molar-refractivity contribution in [2.45, 2.75) is 17.7 Å². The highest BCUT2D eigenvalue weighted by atomic mass is 32.2. The Hall–Kier alpha value is -1.11. The minimum absolute atomic E-state index is 0.131. The van der Waals surface area contributed by atoms with Crippen LogP contribution in [0.2, 0.25) is 0 Å². The van der Waals surface area contributed by atoms with Gasteiger partial charge in [-0.15, -0.1) is 0 Å². The third-order valence-electron chi connectivity index (χ3n) is 2.28. The Bertz CT molecular complexity index is 446. The van der Waals surface area contributed by atoms with E-state index in [4.69, 9.17) is 10.5 Å². The second-order valence-corrected chi connectivity index (χ2v) is 5.37. The van der Waals surface area contributed by atoms with Crippen LogP contribution in [0.25, 0.3) is 0 Å². The van der Waals surface area contributed by atoms with Gasteiger partial charge in [0.15, 0.2) is 0 Å². The van der Waals surface area contributed by atoms with E-state index in [0.29, 0.717) is 13.2 Å². The molecule has 0 heterocycles. The van der Waals surface area contributed by atoms with Crippen molar-refractivity contribution in [2.75, 3.05) is 26.0 Å². The first-order chi connectivity index (χ1) is 8.08. The van der Waals surface area contributed by atoms with Gasteiger partial charge in [-0.25, -0.2) is 13.1 Å². The summed E-state index contributed by atoms with van der Waals surface area (Å²) in [6.45, 7) is 1.02. The Morgan fingerprint density at radius 2 is 2.00 bits per heavy atom. The van der Waals surface area contributed by atoms with Crippen LogP contribution in [-0.2, 0) is 14.8 Å². The van der Waals surface area contributed by atoms with Crippen LogP contribution in [0.5, 0.6) is 0 Å². The van der Waals surface area contributed by atoms with Crippen molar-refractivity contribution in [1.82, 2.24) is 4.72 Å². The molecule has 0 radical (unpaired) electrons. The number of rotatable bonds is 7. The minimum atomic E-state index is -3.49. The molecule has 96 valence electrons. The van der Waals surface area contributed by atoms with Gasteiger partial charge in [-0.1, -0.05) is 12.1 Å². The van der Waals surface area contributed by atoms with Crippen LogP contribution >= 0.6 is 0 Å². The van der Waals surface area contributed by atoms with E-state index in [1.165, 1.54) is 6.07 Å². The molecule has 0 bridgehead atoms. The molecule has 6 heteroatoms. The number of hydrogen-bond acceptors (Lipinski definition) is 4. The summed E-state index contributed by atoms with van der Waals surface area (Å²) >= 11 is 0. The van der Waals surface area contributed by atoms with Crippen molar-refractivity contribution in [1.29, 1.82) is 0 Å². The third-order valence-corrected chi connectivity index (χ3v) is 3.81. The third kappa shape index (κ3) is 4.33. The Balaban J connectivity index is 2.55. The molecule has 3 N–H and O–H groups in total. The summed E-state index contributed by atoms with van der Waals surface area (Å²) in [5.41, 5.74) is 5.88. The number of hydrogen-bond donors (Lipinski definition) is 2. The van der Waals surface area contributed by atoms with E-state index in [9.17, 15) is 8.42 Å². The predicted molar refractivity (Wildman–Crippen MR) is 67.2 cm³/mol. The maximum Gasteiger partial charge on any atom is 0.242 e. The smallest absolute Gasteiger partial charge is 0.242 e. The van der Waals surface area contributed by atoms with E-state index in [2.05, 4.69) is 4.72 Å². The lowest BCUT2D eigenvalue weighted by Gasteiger charge is -2.08. The highest BCUT2D eigenvalue weighted by molar-refractivity contribution is 7.89. The summed E-state index contributed by atoms with van der Waals surface area (Å²) in [6.07, 6.45) is 1.56. The van der Waals surface area contributed by atoms with Crippen LogP contribution in [0.4, 0.5) is 5.69 Å². The summed E-state index contributed by atoms with van der Waals surface area (Å²) < 4.78 is 31.1. The molecule has 1 aromatic rings. The lowest BCUT2D eigenvalue weighted by molar-refractivity contribution is 0.193. The van der Waals surface area contributed by atoms with Gasteiger partial charge in [0.05, 0.1) is 5.69 Å². The number of methoxy groups -OCH3 is 1. The molecule has 0 atom stereocenters. The Labute approximate surface area is 102 Å². The molecule has 0 aliphatic carbocycles. The van der Waals surface area contributed by atoms with Gasteiger partial charge in [0.2, 0.25) is 10.0 Å². The molecule has 0 fully saturated rings. The van der Waals surface area contributed by atoms with Crippen LogP contribution < -0.4 is 10.5 Å². The van der Waals surface area contributed by atoms with Crippen LogP contribution in [0.15, 0.2) is 29.2 Å². The van der Waals surface area contributed by atoms with Crippen LogP contribution in [0, 0.1) is 0 Å². The fourth-order valence-electron chi connectivity index (χ4n) is 1.38. The quantitative estimate of drug-likeness (QED) is 0.564. The van der Waals surface area contributed by atoms with E-state index in [1.54, 1.807) is 25.3 Å². The first-order valence-corrected chi connectivity index (χ1v) is 6.89. The molecule has 0 amide bonds. The van der Waals surface area contributed by atoms with Crippen molar-refractivity contribution in [3.63, 3.8) is 0 Å². The molecule has 0 aromatic heterocycles. The molecule has 5 nitrogen and oxygen atoms in total. The normalized spacial score (nSPS) is 11.6. The monoisotopic (exact) mass is 258 g/mol. The van der Waals surface area contributed by atoms with Gasteiger partial charge in [-0.3, -0.25) is 0 Å². The standard InChI is InChI=1S/C11H18N2O3S/c1-16-9-5-4-8-13-17(14,15)11-7-3-2-6-10(11)12/h2-3,6-7,13H,4-5,8-9,12H2,1H3. The number of nitrogens with one attached hydrogen (secondary N) is 1. The van der Waals surface area contributed by atoms with E-state index in [0.717, 1.165) is 12.8 Å². The molecule has 0 aliphatic rings. The summed E-state index contributed by atoms with van der Waals surface area (Å²) in [7, 11) is -1.87. The zero-order valence-corrected chi connectivity index (χ0v) is 10.7. The van der Waals surface area contributed by atoms with Gasteiger partial charge in [0.1, 0.15) is 4.90 Å². The lowest BCUT2D eigenvalue weighted by atomic mass is 10.3. The fourth-order valence-corrected chi connectivity index (χ4v) is 2.59. The van der Waals surface area contributed by atoms with Gasteiger partial charge in [0, 0.05) is 20.3 Å². The minimum Gasteiger partial charge on any atom is -0.398 e. The number of ether oxygens (including phenoxy) is 1. The highest BCUT2D eigenvalue weighted by Crippen LogP contribution is 2.16. The number of anilines is 1. The molecule has 0 saturated heterocycles. The Morgan fingerprint density at radius 3 is 2.65 bits per heavy atom. The molecular weight excluding hydrogens is 240 g/mol. The summed E-state index contributed by atoms with van der Waals surface area (Å²) in [5, 5.41) is 0. The van der Waals surface area contributed by atoms with Crippen molar-refractivity contribution in [3.05, 3.63) is 24.3 Å². The zero-order valence-electron chi connectivity index (χ0n) is 9.85. The van der Waals surface area contributed by atoms with Gasteiger partial charge in [-0.05, 0) is 25.0 Å². The average Bonchev–Trinajstić information content (AvgIpc) is 2.29. The molecule has 1 aromatic carbocycles. The summed E-state index contributed by atoms with van der Waals surface area (Å²) in [5.74, 6) is 0. The summed E-state index contributed by atoms with van der Waals surface area (Å²) in [6, 6.07) is 6.41. The van der Waals surface area contributed by atoms with E-state index in [1.807, 2.05) is 0 Å². The Morgan fingerprint density at radius 1 is 1.29 bits per heavy atom. The fraction of sp³-hybridized carbons (Fsp3) is 0.455. The molecule has 17 heavy (non-hydrogen) atoms. The first kappa shape index (κ1) is 14.0. The second kappa shape index (κ2) is 6.58. The molecule has 0 aliphatic heterocycles. The number of para-hydroxylation sites is 1. The maximum absolute atomic E-state index is 11.9. The molecule has 0 saturated carbocycles. The molecule has 0 spiro atoms. The van der Waals surface area contributed by atoms with E-state index >= 15 is 0 Å². The topological polar surface area (TPSA) is 81.4 Å². The highest BCUT2D eigenvalue weighted by Gasteiger charge is 2.15. The van der Waals surface area contributed by atoms with Gasteiger partial charge in [-0.2, -0.15) is 0 Å². The molecular formula is C11H18N2O3S. The van der Waals surface area contributed by atoms with Gasteiger partial charge >= 0.3 is 0 Å². The predicted octanol–water partition coefficient (Wildman–Crippen LogP) is 0.974. The second-order valence-electron chi connectivity index (χ2n) is 3.64. The number of nitrogens with two attached hydrogens (primary N) is 1. The Kier molecular flexibility index (Phi) is 5.40. The van der Waals surface area contributed by atoms with Crippen LogP contribution in [0.1, 0.15) is 12.8 Å². The van der Waals surface area contributed by atoms with Crippen molar-refractivity contribution < 1.29 is 13.2 Å². The first-order valence-electron chi connectivity index (χ1n) is 5.41. The maximum atomic E-state index is 11.9. The van der Waals surface area contributed by atoms with Gasteiger partial charge < -0.3 is 10.5 Å². The average molecular weight is 258 g/mol. The van der Waals surface area contributed by atoms with Crippen molar-refractivity contribution in [2.24, 2.45) is 0 Å². The zero-order chi connectivity index (χ0) is 12.7. The number of benzene rings is 1. The van der Waals surface area contributed by atoms with E-state index in [-0.39, 0.29) is 10.6 Å². The molecule has 1 rings (SSSR count). The number of sulfonamides is 1. The van der Waals surface area contributed by atoms with Crippen molar-refractivity contribution >= 4 is 15.7 Å². The largest absolute Gasteiger partial charge is 0.398 e. The van der Waals surface area contributed by atoms with Crippen LogP contribution in [0.3, 0.4) is 0 Å². The van der Waals surface area contributed by atoms with Crippen LogP contribution in [-0.4, -0.2) is 28.7 Å². The number of nitrogen functional groups attached to an aromatic ring is 1.